The van der Waals surface area contributed by atoms with E-state index in [2.05, 4.69) is 13.3 Å². The zero-order chi connectivity index (χ0) is 10.6. The summed E-state index contributed by atoms with van der Waals surface area (Å²) in [6.45, 7) is 4.47. The fourth-order valence-corrected chi connectivity index (χ4v) is 1.28. The minimum Gasteiger partial charge on any atom is -0.466 e. The van der Waals surface area contributed by atoms with E-state index in [1.54, 1.807) is 0 Å². The summed E-state index contributed by atoms with van der Waals surface area (Å²) in [7, 11) is 0. The number of hydrogen-bond acceptors (Lipinski definition) is 2. The van der Waals surface area contributed by atoms with Gasteiger partial charge in [-0.3, -0.25) is 4.79 Å². The highest BCUT2D eigenvalue weighted by molar-refractivity contribution is 5.78. The molecular weight excluding hydrogens is 176 g/mol. The summed E-state index contributed by atoms with van der Waals surface area (Å²) in [6.07, 6.45) is 10.9. The minimum absolute atomic E-state index is 0.291. The van der Waals surface area contributed by atoms with Crippen LogP contribution in [-0.4, -0.2) is 12.6 Å². The molecule has 2 radical (unpaired) electrons. The molecule has 0 spiro atoms. The molecule has 0 saturated heterocycles. The lowest BCUT2D eigenvalue weighted by molar-refractivity contribution is -0.139. The van der Waals surface area contributed by atoms with Crippen molar-refractivity contribution in [3.8, 4) is 0 Å². The Morgan fingerprint density at radius 1 is 1.07 bits per heavy atom. The van der Waals surface area contributed by atoms with Crippen molar-refractivity contribution in [2.24, 2.45) is 0 Å². The lowest BCUT2D eigenvalue weighted by Crippen LogP contribution is -2.03. The van der Waals surface area contributed by atoms with Crippen LogP contribution in [0.1, 0.15) is 58.8 Å². The van der Waals surface area contributed by atoms with E-state index < -0.39 is 0 Å². The largest absolute Gasteiger partial charge is 0.466 e. The van der Waals surface area contributed by atoms with Crippen molar-refractivity contribution in [1.82, 2.24) is 0 Å². The highest BCUT2D eigenvalue weighted by Gasteiger charge is 2.01. The molecule has 0 aliphatic carbocycles. The van der Waals surface area contributed by atoms with Gasteiger partial charge in [0, 0.05) is 0 Å². The molecule has 14 heavy (non-hydrogen) atoms. The second-order valence-corrected chi connectivity index (χ2v) is 3.42. The lowest BCUT2D eigenvalue weighted by atomic mass is 10.1. The monoisotopic (exact) mass is 198 g/mol. The van der Waals surface area contributed by atoms with E-state index in [-0.39, 0.29) is 5.97 Å². The van der Waals surface area contributed by atoms with E-state index in [4.69, 9.17) is 4.74 Å². The van der Waals surface area contributed by atoms with Crippen LogP contribution in [0.15, 0.2) is 0 Å². The van der Waals surface area contributed by atoms with Crippen LogP contribution in [-0.2, 0) is 9.53 Å². The molecule has 0 bridgehead atoms. The molecule has 0 N–H and O–H groups in total. The molecule has 0 aliphatic heterocycles. The second kappa shape index (κ2) is 10.6. The molecule has 0 aliphatic rings. The average molecular weight is 198 g/mol. The van der Waals surface area contributed by atoms with Crippen molar-refractivity contribution < 1.29 is 9.53 Å². The number of rotatable bonds is 9. The summed E-state index contributed by atoms with van der Waals surface area (Å²) in [5, 5.41) is 0. The number of carbonyl (C=O) groups excluding carboxylic acids is 1. The number of unbranched alkanes of at least 4 members (excludes halogenated alkanes) is 6. The lowest BCUT2D eigenvalue weighted by Gasteiger charge is -2.01. The molecule has 0 fully saturated rings. The fourth-order valence-electron chi connectivity index (χ4n) is 1.28. The zero-order valence-corrected chi connectivity index (χ0v) is 9.47. The van der Waals surface area contributed by atoms with Gasteiger partial charge < -0.3 is 4.74 Å². The van der Waals surface area contributed by atoms with Crippen LogP contribution < -0.4 is 0 Å². The van der Waals surface area contributed by atoms with E-state index in [0.29, 0.717) is 6.61 Å². The van der Waals surface area contributed by atoms with Crippen LogP contribution >= 0.6 is 0 Å². The van der Waals surface area contributed by atoms with E-state index in [1.807, 2.05) is 6.92 Å². The van der Waals surface area contributed by atoms with Crippen molar-refractivity contribution in [1.29, 1.82) is 0 Å². The van der Waals surface area contributed by atoms with E-state index in [0.717, 1.165) is 12.8 Å². The fraction of sp³-hybridized carbons (Fsp3) is 0.833. The third-order valence-electron chi connectivity index (χ3n) is 2.08. The molecule has 0 saturated carbocycles. The van der Waals surface area contributed by atoms with E-state index in [9.17, 15) is 4.79 Å². The smallest absolute Gasteiger partial charge is 0.314 e. The number of esters is 1. The van der Waals surface area contributed by atoms with Crippen molar-refractivity contribution in [3.05, 3.63) is 6.42 Å². The first-order chi connectivity index (χ1) is 6.81. The number of carbonyl (C=O) groups is 1. The molecule has 0 atom stereocenters. The Morgan fingerprint density at radius 2 is 1.71 bits per heavy atom. The van der Waals surface area contributed by atoms with Gasteiger partial charge >= 0.3 is 5.97 Å². The molecule has 0 unspecified atom stereocenters. The van der Waals surface area contributed by atoms with E-state index in [1.165, 1.54) is 32.1 Å². The van der Waals surface area contributed by atoms with Crippen LogP contribution in [0.4, 0.5) is 0 Å². The van der Waals surface area contributed by atoms with Crippen LogP contribution in [0.25, 0.3) is 0 Å². The first-order valence-electron chi connectivity index (χ1n) is 5.71. The van der Waals surface area contributed by atoms with Gasteiger partial charge in [-0.05, 0) is 13.3 Å². The van der Waals surface area contributed by atoms with Crippen LogP contribution in [0, 0.1) is 6.42 Å². The summed E-state index contributed by atoms with van der Waals surface area (Å²) in [5.74, 6) is -0.291. The maximum atomic E-state index is 10.8. The highest BCUT2D eigenvalue weighted by Crippen LogP contribution is 2.08. The van der Waals surface area contributed by atoms with Crippen LogP contribution in [0.5, 0.6) is 0 Å². The van der Waals surface area contributed by atoms with Gasteiger partial charge in [0.25, 0.3) is 0 Å². The van der Waals surface area contributed by atoms with Crippen molar-refractivity contribution in [2.75, 3.05) is 6.61 Å². The summed E-state index contributed by atoms with van der Waals surface area (Å²) in [6, 6.07) is 0. The van der Waals surface area contributed by atoms with Gasteiger partial charge in [0.15, 0.2) is 0 Å². The first kappa shape index (κ1) is 13.5. The summed E-state index contributed by atoms with van der Waals surface area (Å²) < 4.78 is 4.74. The molecule has 2 nitrogen and oxygen atoms in total. The molecule has 0 amide bonds. The standard InChI is InChI=1S/C12H22O2/c1-3-5-6-7-8-9-10-11-12(13)14-4-2/h3-10H2,1-2H3. The van der Waals surface area contributed by atoms with Gasteiger partial charge in [-0.1, -0.05) is 45.4 Å². The predicted molar refractivity (Wildman–Crippen MR) is 57.9 cm³/mol. The maximum absolute atomic E-state index is 10.8. The minimum atomic E-state index is -0.291. The molecular formula is C12H22O2. The van der Waals surface area contributed by atoms with Gasteiger partial charge in [0.2, 0.25) is 0 Å². The summed E-state index contributed by atoms with van der Waals surface area (Å²) in [4.78, 5) is 10.8. The Balaban J connectivity index is 3.01. The normalized spacial score (nSPS) is 10.1. The molecule has 0 rings (SSSR count). The predicted octanol–water partition coefficient (Wildman–Crippen LogP) is 3.38. The Labute approximate surface area is 88.0 Å². The number of hydrogen-bond donors (Lipinski definition) is 0. The molecule has 0 heterocycles. The Bertz CT molecular complexity index is 132. The third-order valence-corrected chi connectivity index (χ3v) is 2.08. The number of ether oxygens (including phenoxy) is 1. The second-order valence-electron chi connectivity index (χ2n) is 3.42. The molecule has 0 aromatic carbocycles. The topological polar surface area (TPSA) is 26.3 Å². The first-order valence-corrected chi connectivity index (χ1v) is 5.71. The van der Waals surface area contributed by atoms with Crippen molar-refractivity contribution in [3.63, 3.8) is 0 Å². The van der Waals surface area contributed by atoms with Gasteiger partial charge in [-0.2, -0.15) is 0 Å². The van der Waals surface area contributed by atoms with Crippen molar-refractivity contribution in [2.45, 2.75) is 58.8 Å². The maximum Gasteiger partial charge on any atom is 0.314 e. The zero-order valence-electron chi connectivity index (χ0n) is 9.47. The summed E-state index contributed by atoms with van der Waals surface area (Å²) >= 11 is 0. The Morgan fingerprint density at radius 3 is 2.36 bits per heavy atom. The Kier molecular flexibility index (Phi) is 10.2. The molecule has 0 aromatic rings. The summed E-state index contributed by atoms with van der Waals surface area (Å²) in [5.41, 5.74) is 0. The highest BCUT2D eigenvalue weighted by atomic mass is 16.5. The van der Waals surface area contributed by atoms with Crippen molar-refractivity contribution >= 4 is 5.97 Å². The van der Waals surface area contributed by atoms with Crippen LogP contribution in [0.3, 0.4) is 0 Å². The SMILES string of the molecule is CCCCCCCC[C]C(=O)OCC. The molecule has 0 aromatic heterocycles. The van der Waals surface area contributed by atoms with Gasteiger partial charge in [0.05, 0.1) is 6.61 Å². The van der Waals surface area contributed by atoms with E-state index >= 15 is 0 Å². The third kappa shape index (κ3) is 9.56. The average Bonchev–Trinajstić information content (AvgIpc) is 2.17. The quantitative estimate of drug-likeness (QED) is 0.419. The molecule has 2 heteroatoms. The Hall–Kier alpha value is -0.530. The molecule has 82 valence electrons. The van der Waals surface area contributed by atoms with Gasteiger partial charge in [-0.25, -0.2) is 0 Å². The van der Waals surface area contributed by atoms with Crippen LogP contribution in [0.2, 0.25) is 0 Å². The van der Waals surface area contributed by atoms with Gasteiger partial charge in [-0.15, -0.1) is 0 Å². The van der Waals surface area contributed by atoms with Gasteiger partial charge in [0.1, 0.15) is 6.42 Å².